The smallest absolute Gasteiger partial charge is 0.410 e. The van der Waals surface area contributed by atoms with Crippen molar-refractivity contribution in [2.75, 3.05) is 31.7 Å². The minimum absolute atomic E-state index is 0.115. The van der Waals surface area contributed by atoms with Crippen molar-refractivity contribution in [2.45, 2.75) is 26.4 Å². The average Bonchev–Trinajstić information content (AvgIpc) is 2.07. The van der Waals surface area contributed by atoms with Gasteiger partial charge >= 0.3 is 6.09 Å². The largest absolute Gasteiger partial charge is 0.444 e. The van der Waals surface area contributed by atoms with Crippen molar-refractivity contribution in [2.24, 2.45) is 5.41 Å². The van der Waals surface area contributed by atoms with Crippen LogP contribution in [0.1, 0.15) is 20.8 Å². The van der Waals surface area contributed by atoms with Crippen LogP contribution in [0.25, 0.3) is 0 Å². The van der Waals surface area contributed by atoms with Gasteiger partial charge in [0.15, 0.2) is 0 Å². The van der Waals surface area contributed by atoms with Crippen LogP contribution in [0.5, 0.6) is 0 Å². The number of amides is 1. The van der Waals surface area contributed by atoms with Crippen LogP contribution in [0.4, 0.5) is 4.79 Å². The van der Waals surface area contributed by atoms with Crippen LogP contribution in [-0.4, -0.2) is 53.4 Å². The third kappa shape index (κ3) is 3.28. The lowest BCUT2D eigenvalue weighted by Gasteiger charge is -2.48. The fraction of sp³-hybridized carbons (Fsp3) is 0.909. The van der Waals surface area contributed by atoms with Crippen molar-refractivity contribution < 1.29 is 14.6 Å². The summed E-state index contributed by atoms with van der Waals surface area (Å²) in [4.78, 5) is 13.3. The normalized spacial score (nSPS) is 19.2. The molecular formula is C11H21NO3S. The summed E-state index contributed by atoms with van der Waals surface area (Å²) in [6, 6.07) is 0. The van der Waals surface area contributed by atoms with Crippen molar-refractivity contribution in [3.05, 3.63) is 0 Å². The SMILES string of the molecule is CSCC1(CO)CN(C(=O)OC(C)(C)C)C1. The molecule has 0 spiro atoms. The predicted octanol–water partition coefficient (Wildman–Crippen LogP) is 1.58. The highest BCUT2D eigenvalue weighted by Gasteiger charge is 2.45. The number of hydrogen-bond donors (Lipinski definition) is 1. The van der Waals surface area contributed by atoms with Crippen molar-refractivity contribution >= 4 is 17.9 Å². The number of likely N-dealkylation sites (tertiary alicyclic amines) is 1. The molecule has 5 heteroatoms. The highest BCUT2D eigenvalue weighted by Crippen LogP contribution is 2.33. The lowest BCUT2D eigenvalue weighted by molar-refractivity contribution is -0.0446. The van der Waals surface area contributed by atoms with Crippen molar-refractivity contribution in [1.29, 1.82) is 0 Å². The van der Waals surface area contributed by atoms with E-state index in [-0.39, 0.29) is 18.1 Å². The summed E-state index contributed by atoms with van der Waals surface area (Å²) in [6.45, 7) is 6.88. The first-order chi connectivity index (χ1) is 7.32. The molecule has 0 unspecified atom stereocenters. The molecule has 0 aromatic heterocycles. The van der Waals surface area contributed by atoms with Crippen LogP contribution in [0.2, 0.25) is 0 Å². The van der Waals surface area contributed by atoms with E-state index in [0.717, 1.165) is 5.75 Å². The fourth-order valence-corrected chi connectivity index (χ4v) is 2.65. The minimum Gasteiger partial charge on any atom is -0.444 e. The minimum atomic E-state index is -0.450. The van der Waals surface area contributed by atoms with Crippen LogP contribution in [0.15, 0.2) is 0 Å². The Hall–Kier alpha value is -0.420. The molecule has 1 N–H and O–H groups in total. The molecule has 0 aromatic rings. The molecule has 0 radical (unpaired) electrons. The maximum atomic E-state index is 11.7. The zero-order valence-electron chi connectivity index (χ0n) is 10.4. The molecule has 0 bridgehead atoms. The predicted molar refractivity (Wildman–Crippen MR) is 65.7 cm³/mol. The van der Waals surface area contributed by atoms with Gasteiger partial charge in [0.25, 0.3) is 0 Å². The summed E-state index contributed by atoms with van der Waals surface area (Å²) >= 11 is 1.70. The van der Waals surface area contributed by atoms with Gasteiger partial charge in [-0.2, -0.15) is 11.8 Å². The first-order valence-electron chi connectivity index (χ1n) is 5.40. The Morgan fingerprint density at radius 2 is 2.06 bits per heavy atom. The molecule has 16 heavy (non-hydrogen) atoms. The number of rotatable bonds is 3. The van der Waals surface area contributed by atoms with Crippen molar-refractivity contribution in [1.82, 2.24) is 4.90 Å². The third-order valence-corrected chi connectivity index (χ3v) is 3.39. The summed E-state index contributed by atoms with van der Waals surface area (Å²) in [5, 5.41) is 9.31. The van der Waals surface area contributed by atoms with E-state index in [4.69, 9.17) is 4.74 Å². The molecule has 1 aliphatic rings. The van der Waals surface area contributed by atoms with Gasteiger partial charge in [-0.25, -0.2) is 4.79 Å². The number of carbonyl (C=O) groups is 1. The standard InChI is InChI=1S/C11H21NO3S/c1-10(2,3)15-9(14)12-5-11(6-12,7-13)8-16-4/h13H,5-8H2,1-4H3. The summed E-state index contributed by atoms with van der Waals surface area (Å²) in [7, 11) is 0. The zero-order valence-corrected chi connectivity index (χ0v) is 11.3. The van der Waals surface area contributed by atoms with Gasteiger partial charge in [-0.1, -0.05) is 0 Å². The molecule has 4 nitrogen and oxygen atoms in total. The molecule has 1 amide bonds. The molecule has 94 valence electrons. The summed E-state index contributed by atoms with van der Waals surface area (Å²) in [5.41, 5.74) is -0.565. The molecular weight excluding hydrogens is 226 g/mol. The van der Waals surface area contributed by atoms with Gasteiger partial charge in [0.05, 0.1) is 6.61 Å². The number of nitrogens with zero attached hydrogens (tertiary/aromatic N) is 1. The van der Waals surface area contributed by atoms with E-state index in [9.17, 15) is 9.90 Å². The Labute approximate surface area is 101 Å². The van der Waals surface area contributed by atoms with E-state index in [0.29, 0.717) is 13.1 Å². The highest BCUT2D eigenvalue weighted by molar-refractivity contribution is 7.98. The zero-order chi connectivity index (χ0) is 12.4. The van der Waals surface area contributed by atoms with E-state index in [1.165, 1.54) is 0 Å². The summed E-state index contributed by atoms with van der Waals surface area (Å²) in [5.74, 6) is 0.878. The molecule has 1 heterocycles. The van der Waals surface area contributed by atoms with Crippen molar-refractivity contribution in [3.63, 3.8) is 0 Å². The molecule has 1 saturated heterocycles. The summed E-state index contributed by atoms with van der Waals surface area (Å²) in [6.07, 6.45) is 1.73. The Kier molecular flexibility index (Phi) is 4.12. The molecule has 1 aliphatic heterocycles. The lowest BCUT2D eigenvalue weighted by atomic mass is 9.83. The first kappa shape index (κ1) is 13.6. The first-order valence-corrected chi connectivity index (χ1v) is 6.79. The number of ether oxygens (including phenoxy) is 1. The second kappa shape index (κ2) is 4.84. The molecule has 1 fully saturated rings. The van der Waals surface area contributed by atoms with Gasteiger partial charge in [0.1, 0.15) is 5.60 Å². The van der Waals surface area contributed by atoms with Crippen molar-refractivity contribution in [3.8, 4) is 0 Å². The van der Waals surface area contributed by atoms with E-state index in [1.54, 1.807) is 16.7 Å². The van der Waals surface area contributed by atoms with Crippen LogP contribution in [-0.2, 0) is 4.74 Å². The number of carbonyl (C=O) groups excluding carboxylic acids is 1. The maximum Gasteiger partial charge on any atom is 0.410 e. The van der Waals surface area contributed by atoms with Gasteiger partial charge in [-0.15, -0.1) is 0 Å². The molecule has 0 saturated carbocycles. The van der Waals surface area contributed by atoms with Gasteiger partial charge in [0, 0.05) is 24.3 Å². The van der Waals surface area contributed by atoms with E-state index in [2.05, 4.69) is 0 Å². The second-order valence-corrected chi connectivity index (χ2v) is 6.29. The second-order valence-electron chi connectivity index (χ2n) is 5.43. The van der Waals surface area contributed by atoms with Crippen LogP contribution in [0, 0.1) is 5.41 Å². The molecule has 0 aromatic carbocycles. The Morgan fingerprint density at radius 1 is 1.50 bits per heavy atom. The monoisotopic (exact) mass is 247 g/mol. The Bertz CT molecular complexity index is 256. The Balaban J connectivity index is 2.42. The van der Waals surface area contributed by atoms with Gasteiger partial charge < -0.3 is 14.7 Å². The number of aliphatic hydroxyl groups excluding tert-OH is 1. The van der Waals surface area contributed by atoms with Gasteiger partial charge in [0.2, 0.25) is 0 Å². The van der Waals surface area contributed by atoms with Gasteiger partial charge in [-0.3, -0.25) is 0 Å². The van der Waals surface area contributed by atoms with Crippen LogP contribution < -0.4 is 0 Å². The van der Waals surface area contributed by atoms with E-state index < -0.39 is 5.60 Å². The molecule has 0 atom stereocenters. The highest BCUT2D eigenvalue weighted by atomic mass is 32.2. The average molecular weight is 247 g/mol. The lowest BCUT2D eigenvalue weighted by Crippen LogP contribution is -2.62. The van der Waals surface area contributed by atoms with Crippen LogP contribution >= 0.6 is 11.8 Å². The molecule has 0 aliphatic carbocycles. The topological polar surface area (TPSA) is 49.8 Å². The summed E-state index contributed by atoms with van der Waals surface area (Å²) < 4.78 is 5.26. The maximum absolute atomic E-state index is 11.7. The number of aliphatic hydroxyl groups is 1. The Morgan fingerprint density at radius 3 is 2.44 bits per heavy atom. The van der Waals surface area contributed by atoms with Crippen LogP contribution in [0.3, 0.4) is 0 Å². The fourth-order valence-electron chi connectivity index (χ4n) is 1.76. The van der Waals surface area contributed by atoms with E-state index in [1.807, 2.05) is 27.0 Å². The number of thioether (sulfide) groups is 1. The third-order valence-electron chi connectivity index (χ3n) is 2.49. The number of hydrogen-bond acceptors (Lipinski definition) is 4. The molecule has 1 rings (SSSR count). The van der Waals surface area contributed by atoms with E-state index >= 15 is 0 Å². The van der Waals surface area contributed by atoms with Gasteiger partial charge in [-0.05, 0) is 27.0 Å². The quantitative estimate of drug-likeness (QED) is 0.822.